The highest BCUT2D eigenvalue weighted by atomic mass is 19.1. The molecule has 0 spiro atoms. The number of carbonyl (C=O) groups excluding carboxylic acids is 1. The quantitative estimate of drug-likeness (QED) is 0.770. The molecule has 0 saturated heterocycles. The van der Waals surface area contributed by atoms with E-state index in [1.54, 1.807) is 0 Å². The molecule has 0 atom stereocenters. The van der Waals surface area contributed by atoms with E-state index >= 15 is 0 Å². The molecule has 0 aliphatic carbocycles. The summed E-state index contributed by atoms with van der Waals surface area (Å²) in [7, 11) is 0. The summed E-state index contributed by atoms with van der Waals surface area (Å²) in [6.45, 7) is 4.27. The van der Waals surface area contributed by atoms with E-state index in [1.165, 1.54) is 12.3 Å². The van der Waals surface area contributed by atoms with Crippen LogP contribution in [-0.4, -0.2) is 17.5 Å². The molecule has 82 valence electrons. The summed E-state index contributed by atoms with van der Waals surface area (Å²) in [6, 6.07) is 1.30. The van der Waals surface area contributed by atoms with Gasteiger partial charge >= 0.3 is 0 Å². The minimum absolute atomic E-state index is 0.0752. The first-order valence-corrected chi connectivity index (χ1v) is 4.63. The molecule has 0 aliphatic heterocycles. The molecule has 0 saturated carbocycles. The third kappa shape index (κ3) is 3.63. The fourth-order valence-electron chi connectivity index (χ4n) is 0.888. The summed E-state index contributed by atoms with van der Waals surface area (Å²) >= 11 is 0. The van der Waals surface area contributed by atoms with Gasteiger partial charge in [0.1, 0.15) is 0 Å². The molecule has 1 amide bonds. The van der Waals surface area contributed by atoms with E-state index in [0.29, 0.717) is 12.5 Å². The lowest BCUT2D eigenvalue weighted by Crippen LogP contribution is -2.26. The molecule has 1 N–H and O–H groups in total. The summed E-state index contributed by atoms with van der Waals surface area (Å²) < 4.78 is 13.0. The van der Waals surface area contributed by atoms with Crippen molar-refractivity contribution < 1.29 is 14.0 Å². The fraction of sp³-hybridized carbons (Fsp3) is 0.400. The zero-order valence-electron chi connectivity index (χ0n) is 8.66. The zero-order chi connectivity index (χ0) is 11.3. The molecule has 0 aliphatic rings. The Labute approximate surface area is 87.4 Å². The average Bonchev–Trinajstić information content (AvgIpc) is 2.17. The minimum atomic E-state index is -0.664. The Morgan fingerprint density at radius 2 is 2.40 bits per heavy atom. The lowest BCUT2D eigenvalue weighted by atomic mass is 10.2. The Bertz CT molecular complexity index is 342. The number of rotatable bonds is 4. The number of hydrogen-bond donors (Lipinski definition) is 1. The molecule has 1 heterocycles. The average molecular weight is 212 g/mol. The lowest BCUT2D eigenvalue weighted by Gasteiger charge is -2.07. The maximum absolute atomic E-state index is 13.0. The highest BCUT2D eigenvalue weighted by molar-refractivity contribution is 5.93. The number of nitrogens with zero attached hydrogens (tertiary/aromatic N) is 1. The van der Waals surface area contributed by atoms with Crippen LogP contribution in [0.15, 0.2) is 18.5 Å². The minimum Gasteiger partial charge on any atom is -0.273 e. The van der Waals surface area contributed by atoms with Gasteiger partial charge < -0.3 is 0 Å². The van der Waals surface area contributed by atoms with E-state index in [1.807, 2.05) is 13.8 Å². The summed E-state index contributed by atoms with van der Waals surface area (Å²) in [5.74, 6) is -0.966. The second kappa shape index (κ2) is 5.41. The fourth-order valence-corrected chi connectivity index (χ4v) is 0.888. The second-order valence-corrected chi connectivity index (χ2v) is 3.49. The lowest BCUT2D eigenvalue weighted by molar-refractivity contribution is 0.0205. The van der Waals surface area contributed by atoms with Gasteiger partial charge in [-0.05, 0) is 12.0 Å². The molecule has 5 heteroatoms. The second-order valence-electron chi connectivity index (χ2n) is 3.49. The highest BCUT2D eigenvalue weighted by Gasteiger charge is 2.10. The molecule has 15 heavy (non-hydrogen) atoms. The van der Waals surface area contributed by atoms with Gasteiger partial charge in [0, 0.05) is 6.20 Å². The number of hydroxylamine groups is 1. The molecule has 1 aromatic rings. The van der Waals surface area contributed by atoms with E-state index in [4.69, 9.17) is 4.84 Å². The molecule has 1 aromatic heterocycles. The van der Waals surface area contributed by atoms with Crippen molar-refractivity contribution in [2.45, 2.75) is 13.8 Å². The number of pyridine rings is 1. The van der Waals surface area contributed by atoms with Crippen molar-refractivity contribution >= 4 is 5.91 Å². The largest absolute Gasteiger partial charge is 0.277 e. The van der Waals surface area contributed by atoms with Crippen molar-refractivity contribution in [3.8, 4) is 0 Å². The van der Waals surface area contributed by atoms with Gasteiger partial charge in [0.2, 0.25) is 0 Å². The maximum Gasteiger partial charge on any atom is 0.277 e. The van der Waals surface area contributed by atoms with Crippen LogP contribution in [0.3, 0.4) is 0 Å². The molecule has 0 bridgehead atoms. The first kappa shape index (κ1) is 11.6. The van der Waals surface area contributed by atoms with Crippen LogP contribution >= 0.6 is 0 Å². The molecular weight excluding hydrogens is 199 g/mol. The van der Waals surface area contributed by atoms with Crippen molar-refractivity contribution in [2.75, 3.05) is 6.61 Å². The third-order valence-electron chi connectivity index (χ3n) is 1.60. The van der Waals surface area contributed by atoms with E-state index in [9.17, 15) is 9.18 Å². The van der Waals surface area contributed by atoms with Crippen molar-refractivity contribution in [3.05, 3.63) is 29.8 Å². The SMILES string of the molecule is CC(C)CONC(=O)c1ccncc1F. The number of halogens is 1. The predicted octanol–water partition coefficient (Wildman–Crippen LogP) is 1.54. The van der Waals surface area contributed by atoms with Gasteiger partial charge in [0.15, 0.2) is 5.82 Å². The van der Waals surface area contributed by atoms with Crippen LogP contribution in [-0.2, 0) is 4.84 Å². The summed E-state index contributed by atoms with van der Waals surface area (Å²) in [6.07, 6.45) is 2.33. The first-order valence-electron chi connectivity index (χ1n) is 4.63. The molecule has 1 rings (SSSR count). The van der Waals surface area contributed by atoms with Gasteiger partial charge in [-0.25, -0.2) is 9.87 Å². The molecular formula is C10H13FN2O2. The molecule has 0 fully saturated rings. The van der Waals surface area contributed by atoms with Crippen LogP contribution in [0.1, 0.15) is 24.2 Å². The third-order valence-corrected chi connectivity index (χ3v) is 1.60. The number of carbonyl (C=O) groups is 1. The van der Waals surface area contributed by atoms with E-state index in [-0.39, 0.29) is 5.56 Å². The smallest absolute Gasteiger partial charge is 0.273 e. The summed E-state index contributed by atoms with van der Waals surface area (Å²) in [4.78, 5) is 19.8. The molecule has 4 nitrogen and oxygen atoms in total. The molecule has 0 radical (unpaired) electrons. The number of aromatic nitrogens is 1. The Hall–Kier alpha value is -1.49. The Balaban J connectivity index is 2.51. The highest BCUT2D eigenvalue weighted by Crippen LogP contribution is 2.03. The van der Waals surface area contributed by atoms with Gasteiger partial charge in [-0.3, -0.25) is 14.6 Å². The van der Waals surface area contributed by atoms with Gasteiger partial charge in [-0.2, -0.15) is 0 Å². The summed E-state index contributed by atoms with van der Waals surface area (Å²) in [5.41, 5.74) is 2.09. The van der Waals surface area contributed by atoms with Gasteiger partial charge in [-0.1, -0.05) is 13.8 Å². The Kier molecular flexibility index (Phi) is 4.17. The normalized spacial score (nSPS) is 10.4. The van der Waals surface area contributed by atoms with Gasteiger partial charge in [0.05, 0.1) is 18.4 Å². The number of hydrogen-bond acceptors (Lipinski definition) is 3. The predicted molar refractivity (Wildman–Crippen MR) is 52.5 cm³/mol. The van der Waals surface area contributed by atoms with E-state index in [2.05, 4.69) is 10.5 Å². The van der Waals surface area contributed by atoms with Crippen LogP contribution in [0.4, 0.5) is 4.39 Å². The Morgan fingerprint density at radius 1 is 1.67 bits per heavy atom. The van der Waals surface area contributed by atoms with Crippen LogP contribution in [0.25, 0.3) is 0 Å². The zero-order valence-corrected chi connectivity index (χ0v) is 8.66. The first-order chi connectivity index (χ1) is 7.11. The standard InChI is InChI=1S/C10H13FN2O2/c1-7(2)6-15-13-10(14)8-3-4-12-5-9(8)11/h3-5,7H,6H2,1-2H3,(H,13,14). The van der Waals surface area contributed by atoms with E-state index in [0.717, 1.165) is 6.20 Å². The maximum atomic E-state index is 13.0. The van der Waals surface area contributed by atoms with Crippen LogP contribution < -0.4 is 5.48 Å². The van der Waals surface area contributed by atoms with Crippen LogP contribution in [0.5, 0.6) is 0 Å². The van der Waals surface area contributed by atoms with Crippen molar-refractivity contribution in [2.24, 2.45) is 5.92 Å². The van der Waals surface area contributed by atoms with Gasteiger partial charge in [-0.15, -0.1) is 0 Å². The monoisotopic (exact) mass is 212 g/mol. The van der Waals surface area contributed by atoms with Gasteiger partial charge in [0.25, 0.3) is 5.91 Å². The number of nitrogens with one attached hydrogen (secondary N) is 1. The topological polar surface area (TPSA) is 51.2 Å². The van der Waals surface area contributed by atoms with Crippen LogP contribution in [0.2, 0.25) is 0 Å². The van der Waals surface area contributed by atoms with Crippen molar-refractivity contribution in [1.29, 1.82) is 0 Å². The van der Waals surface area contributed by atoms with Crippen molar-refractivity contribution in [1.82, 2.24) is 10.5 Å². The summed E-state index contributed by atoms with van der Waals surface area (Å²) in [5, 5.41) is 0. The Morgan fingerprint density at radius 3 is 3.00 bits per heavy atom. The number of amides is 1. The van der Waals surface area contributed by atoms with E-state index < -0.39 is 11.7 Å². The molecule has 0 aromatic carbocycles. The van der Waals surface area contributed by atoms with Crippen LogP contribution in [0, 0.1) is 11.7 Å². The molecule has 0 unspecified atom stereocenters. The van der Waals surface area contributed by atoms with Crippen molar-refractivity contribution in [3.63, 3.8) is 0 Å².